The summed E-state index contributed by atoms with van der Waals surface area (Å²) in [6.07, 6.45) is 4.48. The van der Waals surface area contributed by atoms with Gasteiger partial charge in [0.2, 0.25) is 0 Å². The Balaban J connectivity index is 1.84. The largest absolute Gasteiger partial charge is 0.329 e. The van der Waals surface area contributed by atoms with E-state index in [9.17, 15) is 4.39 Å². The fraction of sp³-hybridized carbons (Fsp3) is 0.600. The molecule has 0 spiro atoms. The lowest BCUT2D eigenvalue weighted by Gasteiger charge is -2.33. The van der Waals surface area contributed by atoms with E-state index < -0.39 is 0 Å². The Morgan fingerprint density at radius 2 is 2.17 bits per heavy atom. The minimum Gasteiger partial charge on any atom is -0.329 e. The number of halogens is 1. The standard InChI is InChI=1S/C15H21FN2/c1-18(15(9-17)10-5-6-10)14-8-7-11-12(14)3-2-4-13(11)16/h2-4,10,14-15H,5-9,17H2,1H3. The minimum absolute atomic E-state index is 0.0425. The molecule has 0 saturated heterocycles. The quantitative estimate of drug-likeness (QED) is 0.887. The van der Waals surface area contributed by atoms with E-state index in [1.165, 1.54) is 18.4 Å². The van der Waals surface area contributed by atoms with Gasteiger partial charge in [0, 0.05) is 18.6 Å². The molecule has 0 bridgehead atoms. The van der Waals surface area contributed by atoms with Gasteiger partial charge in [-0.2, -0.15) is 0 Å². The molecular formula is C15H21FN2. The zero-order chi connectivity index (χ0) is 12.7. The smallest absolute Gasteiger partial charge is 0.126 e. The van der Waals surface area contributed by atoms with Gasteiger partial charge in [-0.15, -0.1) is 0 Å². The Morgan fingerprint density at radius 1 is 1.39 bits per heavy atom. The van der Waals surface area contributed by atoms with Crippen LogP contribution in [0.15, 0.2) is 18.2 Å². The molecular weight excluding hydrogens is 227 g/mol. The van der Waals surface area contributed by atoms with Crippen LogP contribution in [0.4, 0.5) is 4.39 Å². The van der Waals surface area contributed by atoms with Crippen molar-refractivity contribution >= 4 is 0 Å². The summed E-state index contributed by atoms with van der Waals surface area (Å²) in [5.74, 6) is 0.719. The summed E-state index contributed by atoms with van der Waals surface area (Å²) in [6.45, 7) is 0.711. The highest BCUT2D eigenvalue weighted by Crippen LogP contribution is 2.42. The zero-order valence-electron chi connectivity index (χ0n) is 10.9. The van der Waals surface area contributed by atoms with Gasteiger partial charge >= 0.3 is 0 Å². The molecule has 0 amide bonds. The first-order chi connectivity index (χ1) is 8.72. The molecule has 0 radical (unpaired) electrons. The molecule has 1 aromatic rings. The second kappa shape index (κ2) is 4.63. The molecule has 1 saturated carbocycles. The first kappa shape index (κ1) is 12.1. The summed E-state index contributed by atoms with van der Waals surface area (Å²) in [4.78, 5) is 2.39. The van der Waals surface area contributed by atoms with Crippen molar-refractivity contribution in [2.24, 2.45) is 11.7 Å². The fourth-order valence-corrected chi connectivity index (χ4v) is 3.41. The van der Waals surface area contributed by atoms with E-state index in [2.05, 4.69) is 18.0 Å². The van der Waals surface area contributed by atoms with E-state index in [0.717, 1.165) is 24.3 Å². The Morgan fingerprint density at radius 3 is 2.83 bits per heavy atom. The zero-order valence-corrected chi connectivity index (χ0v) is 10.9. The molecule has 2 unspecified atom stereocenters. The van der Waals surface area contributed by atoms with Gasteiger partial charge in [-0.25, -0.2) is 4.39 Å². The molecule has 0 aliphatic heterocycles. The van der Waals surface area contributed by atoms with E-state index in [0.29, 0.717) is 18.6 Å². The van der Waals surface area contributed by atoms with Gasteiger partial charge in [-0.05, 0) is 55.8 Å². The van der Waals surface area contributed by atoms with Crippen LogP contribution in [0.3, 0.4) is 0 Å². The molecule has 1 aromatic carbocycles. The normalized spacial score (nSPS) is 24.3. The van der Waals surface area contributed by atoms with Crippen molar-refractivity contribution in [3.8, 4) is 0 Å². The summed E-state index contributed by atoms with van der Waals surface area (Å²) in [6, 6.07) is 6.29. The molecule has 3 rings (SSSR count). The van der Waals surface area contributed by atoms with Gasteiger partial charge in [0.15, 0.2) is 0 Å². The summed E-state index contributed by atoms with van der Waals surface area (Å²) in [5.41, 5.74) is 8.01. The lowest BCUT2D eigenvalue weighted by Crippen LogP contribution is -2.41. The predicted octanol–water partition coefficient (Wildman–Crippen LogP) is 2.48. The Kier molecular flexibility index (Phi) is 3.12. The van der Waals surface area contributed by atoms with E-state index in [1.54, 1.807) is 6.07 Å². The maximum Gasteiger partial charge on any atom is 0.126 e. The van der Waals surface area contributed by atoms with Crippen molar-refractivity contribution in [2.45, 2.75) is 37.8 Å². The van der Waals surface area contributed by atoms with Crippen molar-refractivity contribution < 1.29 is 4.39 Å². The van der Waals surface area contributed by atoms with Crippen LogP contribution in [0, 0.1) is 11.7 Å². The van der Waals surface area contributed by atoms with E-state index in [1.807, 2.05) is 6.07 Å². The average Bonchev–Trinajstić information content (AvgIpc) is 3.09. The van der Waals surface area contributed by atoms with Crippen LogP contribution in [-0.2, 0) is 6.42 Å². The van der Waals surface area contributed by atoms with Gasteiger partial charge in [0.05, 0.1) is 0 Å². The van der Waals surface area contributed by atoms with E-state index in [-0.39, 0.29) is 5.82 Å². The average molecular weight is 248 g/mol. The molecule has 2 atom stereocenters. The Bertz CT molecular complexity index is 442. The van der Waals surface area contributed by atoms with Crippen molar-refractivity contribution in [3.63, 3.8) is 0 Å². The van der Waals surface area contributed by atoms with Gasteiger partial charge in [-0.3, -0.25) is 4.90 Å². The first-order valence-corrected chi connectivity index (χ1v) is 6.91. The van der Waals surface area contributed by atoms with Crippen LogP contribution >= 0.6 is 0 Å². The van der Waals surface area contributed by atoms with Crippen molar-refractivity contribution in [1.29, 1.82) is 0 Å². The molecule has 2 aliphatic rings. The number of nitrogens with zero attached hydrogens (tertiary/aromatic N) is 1. The molecule has 3 heteroatoms. The lowest BCUT2D eigenvalue weighted by atomic mass is 10.0. The molecule has 98 valence electrons. The number of hydrogen-bond donors (Lipinski definition) is 1. The highest BCUT2D eigenvalue weighted by Gasteiger charge is 2.38. The monoisotopic (exact) mass is 248 g/mol. The molecule has 18 heavy (non-hydrogen) atoms. The minimum atomic E-state index is -0.0425. The fourth-order valence-electron chi connectivity index (χ4n) is 3.41. The van der Waals surface area contributed by atoms with Crippen molar-refractivity contribution in [3.05, 3.63) is 35.1 Å². The van der Waals surface area contributed by atoms with Crippen LogP contribution < -0.4 is 5.73 Å². The number of hydrogen-bond acceptors (Lipinski definition) is 2. The van der Waals surface area contributed by atoms with E-state index in [4.69, 9.17) is 5.73 Å². The van der Waals surface area contributed by atoms with Crippen LogP contribution in [0.2, 0.25) is 0 Å². The van der Waals surface area contributed by atoms with Crippen molar-refractivity contribution in [2.75, 3.05) is 13.6 Å². The number of fused-ring (bicyclic) bond motifs is 1. The predicted molar refractivity (Wildman–Crippen MR) is 70.8 cm³/mol. The maximum absolute atomic E-state index is 13.7. The van der Waals surface area contributed by atoms with Crippen LogP contribution in [0.5, 0.6) is 0 Å². The van der Waals surface area contributed by atoms with E-state index >= 15 is 0 Å². The number of rotatable bonds is 4. The highest BCUT2D eigenvalue weighted by molar-refractivity contribution is 5.35. The summed E-state index contributed by atoms with van der Waals surface area (Å²) >= 11 is 0. The first-order valence-electron chi connectivity index (χ1n) is 6.91. The number of likely N-dealkylation sites (N-methyl/N-ethyl adjacent to an activating group) is 1. The number of benzene rings is 1. The van der Waals surface area contributed by atoms with Crippen LogP contribution in [0.1, 0.15) is 36.4 Å². The molecule has 2 nitrogen and oxygen atoms in total. The second-order valence-corrected chi connectivity index (χ2v) is 5.67. The second-order valence-electron chi connectivity index (χ2n) is 5.67. The lowest BCUT2D eigenvalue weighted by molar-refractivity contribution is 0.159. The Labute approximate surface area is 108 Å². The highest BCUT2D eigenvalue weighted by atomic mass is 19.1. The molecule has 2 aliphatic carbocycles. The van der Waals surface area contributed by atoms with Gasteiger partial charge in [0.1, 0.15) is 5.82 Å². The maximum atomic E-state index is 13.7. The third-order valence-corrected chi connectivity index (χ3v) is 4.60. The molecule has 1 fully saturated rings. The molecule has 0 aromatic heterocycles. The molecule has 0 heterocycles. The topological polar surface area (TPSA) is 29.3 Å². The third kappa shape index (κ3) is 1.95. The van der Waals surface area contributed by atoms with Gasteiger partial charge in [-0.1, -0.05) is 12.1 Å². The van der Waals surface area contributed by atoms with Crippen LogP contribution in [0.25, 0.3) is 0 Å². The summed E-state index contributed by atoms with van der Waals surface area (Å²) < 4.78 is 13.7. The number of nitrogens with two attached hydrogens (primary N) is 1. The Hall–Kier alpha value is -0.930. The third-order valence-electron chi connectivity index (χ3n) is 4.60. The van der Waals surface area contributed by atoms with Crippen molar-refractivity contribution in [1.82, 2.24) is 4.90 Å². The van der Waals surface area contributed by atoms with Gasteiger partial charge < -0.3 is 5.73 Å². The SMILES string of the molecule is CN(C1CCc2c(F)cccc21)C(CN)C1CC1. The summed E-state index contributed by atoms with van der Waals surface area (Å²) in [7, 11) is 2.15. The van der Waals surface area contributed by atoms with Crippen LogP contribution in [-0.4, -0.2) is 24.5 Å². The van der Waals surface area contributed by atoms with Gasteiger partial charge in [0.25, 0.3) is 0 Å². The summed E-state index contributed by atoms with van der Waals surface area (Å²) in [5, 5.41) is 0. The molecule has 2 N–H and O–H groups in total.